The molecule has 2 nitrogen and oxygen atoms in total. The first-order chi connectivity index (χ1) is 34.0. The Labute approximate surface area is 400 Å². The molecular weight excluding hydrogens is 849 g/mol. The van der Waals surface area contributed by atoms with Gasteiger partial charge in [-0.05, 0) is 141 Å². The molecule has 1 aliphatic heterocycles. The molecular formula is C66H44N2Si. The zero-order valence-electron chi connectivity index (χ0n) is 38.3. The summed E-state index contributed by atoms with van der Waals surface area (Å²) in [6.45, 7) is 5.07. The van der Waals surface area contributed by atoms with Gasteiger partial charge >= 0.3 is 0 Å². The maximum absolute atomic E-state index is 2.54. The molecule has 15 rings (SSSR count). The smallest absolute Gasteiger partial charge is 0.113 e. The molecule has 1 aliphatic rings. The van der Waals surface area contributed by atoms with E-state index in [1.807, 2.05) is 0 Å². The molecule has 0 radical (unpaired) electrons. The van der Waals surface area contributed by atoms with E-state index in [9.17, 15) is 0 Å². The summed E-state index contributed by atoms with van der Waals surface area (Å²) in [5.41, 5.74) is 15.0. The molecule has 14 aromatic rings. The highest BCUT2D eigenvalue weighted by molar-refractivity contribution is 7.04. The van der Waals surface area contributed by atoms with E-state index in [-0.39, 0.29) is 0 Å². The number of nitrogens with zero attached hydrogens (tertiary/aromatic N) is 2. The fraction of sp³-hybridized carbons (Fsp3) is 0.0303. The summed E-state index contributed by atoms with van der Waals surface area (Å²) in [6, 6.07) is 86.6. The Hall–Kier alpha value is -8.50. The number of para-hydroxylation sites is 3. The van der Waals surface area contributed by atoms with Crippen LogP contribution in [0.4, 0.5) is 0 Å². The van der Waals surface area contributed by atoms with Gasteiger partial charge in [0.15, 0.2) is 0 Å². The molecule has 2 aromatic heterocycles. The van der Waals surface area contributed by atoms with Gasteiger partial charge in [0.25, 0.3) is 0 Å². The Morgan fingerprint density at radius 1 is 0.290 bits per heavy atom. The molecule has 0 atom stereocenters. The largest absolute Gasteiger partial charge is 0.307 e. The predicted octanol–water partition coefficient (Wildman–Crippen LogP) is 16.6. The van der Waals surface area contributed by atoms with Gasteiger partial charge in [0, 0.05) is 32.9 Å². The van der Waals surface area contributed by atoms with Crippen LogP contribution < -0.4 is 10.4 Å². The average Bonchev–Trinajstić information content (AvgIpc) is 4.00. The van der Waals surface area contributed by atoms with E-state index in [1.54, 1.807) is 0 Å². The zero-order valence-corrected chi connectivity index (χ0v) is 39.3. The maximum Gasteiger partial charge on any atom is 0.113 e. The summed E-state index contributed by atoms with van der Waals surface area (Å²) < 4.78 is 4.96. The fourth-order valence-corrected chi connectivity index (χ4v) is 15.6. The van der Waals surface area contributed by atoms with Gasteiger partial charge < -0.3 is 9.13 Å². The maximum atomic E-state index is 2.54. The Kier molecular flexibility index (Phi) is 7.97. The van der Waals surface area contributed by atoms with E-state index in [0.717, 1.165) is 11.4 Å². The minimum Gasteiger partial charge on any atom is -0.307 e. The third kappa shape index (κ3) is 5.36. The summed E-state index contributed by atoms with van der Waals surface area (Å²) in [7, 11) is -1.98. The minimum atomic E-state index is -1.98. The first-order valence-electron chi connectivity index (χ1n) is 24.2. The van der Waals surface area contributed by atoms with Crippen LogP contribution in [0.5, 0.6) is 0 Å². The van der Waals surface area contributed by atoms with E-state index in [1.165, 1.54) is 130 Å². The topological polar surface area (TPSA) is 9.86 Å². The Bertz CT molecular complexity index is 4440. The second-order valence-electron chi connectivity index (χ2n) is 19.6. The molecule has 69 heavy (non-hydrogen) atoms. The number of rotatable bonds is 4. The van der Waals surface area contributed by atoms with Gasteiger partial charge in [0.2, 0.25) is 0 Å². The number of hydrogen-bond donors (Lipinski definition) is 0. The van der Waals surface area contributed by atoms with Crippen LogP contribution in [0.15, 0.2) is 231 Å². The van der Waals surface area contributed by atoms with Gasteiger partial charge in [0.1, 0.15) is 8.07 Å². The molecule has 0 saturated carbocycles. The van der Waals surface area contributed by atoms with Crippen molar-refractivity contribution in [2.75, 3.05) is 0 Å². The van der Waals surface area contributed by atoms with Crippen LogP contribution >= 0.6 is 0 Å². The number of aromatic nitrogens is 2. The molecule has 322 valence electrons. The summed E-state index contributed by atoms with van der Waals surface area (Å²) in [6.07, 6.45) is 0. The van der Waals surface area contributed by atoms with Crippen molar-refractivity contribution < 1.29 is 0 Å². The minimum absolute atomic E-state index is 1.15. The highest BCUT2D eigenvalue weighted by Crippen LogP contribution is 2.48. The third-order valence-electron chi connectivity index (χ3n) is 15.6. The van der Waals surface area contributed by atoms with Crippen molar-refractivity contribution in [3.8, 4) is 44.8 Å². The molecule has 3 heterocycles. The molecule has 0 saturated heterocycles. The molecule has 12 aromatic carbocycles. The summed E-state index contributed by atoms with van der Waals surface area (Å²) in [5, 5.41) is 18.4. The van der Waals surface area contributed by atoms with Crippen molar-refractivity contribution in [3.63, 3.8) is 0 Å². The molecule has 0 fully saturated rings. The van der Waals surface area contributed by atoms with Gasteiger partial charge in [-0.1, -0.05) is 189 Å². The van der Waals surface area contributed by atoms with Crippen molar-refractivity contribution in [1.82, 2.24) is 9.13 Å². The normalized spacial score (nSPS) is 13.2. The highest BCUT2D eigenvalue weighted by Gasteiger charge is 2.38. The number of hydrogen-bond acceptors (Lipinski definition) is 0. The van der Waals surface area contributed by atoms with E-state index in [0.29, 0.717) is 0 Å². The van der Waals surface area contributed by atoms with Crippen LogP contribution in [-0.2, 0) is 0 Å². The first kappa shape index (κ1) is 38.6. The van der Waals surface area contributed by atoms with Crippen molar-refractivity contribution in [3.05, 3.63) is 231 Å². The lowest BCUT2D eigenvalue weighted by Crippen LogP contribution is -2.49. The second-order valence-corrected chi connectivity index (χ2v) is 23.9. The van der Waals surface area contributed by atoms with Crippen molar-refractivity contribution >= 4 is 105 Å². The van der Waals surface area contributed by atoms with Crippen LogP contribution in [0.2, 0.25) is 13.1 Å². The number of fused-ring (bicyclic) bond motifs is 15. The first-order valence-corrected chi connectivity index (χ1v) is 27.2. The summed E-state index contributed by atoms with van der Waals surface area (Å²) >= 11 is 0. The van der Waals surface area contributed by atoms with Crippen LogP contribution in [0.1, 0.15) is 0 Å². The highest BCUT2D eigenvalue weighted by atomic mass is 28.3. The lowest BCUT2D eigenvalue weighted by atomic mass is 9.85. The van der Waals surface area contributed by atoms with E-state index in [2.05, 4.69) is 253 Å². The molecule has 0 spiro atoms. The quantitative estimate of drug-likeness (QED) is 0.0946. The fourth-order valence-electron chi connectivity index (χ4n) is 12.6. The lowest BCUT2D eigenvalue weighted by Gasteiger charge is -2.20. The van der Waals surface area contributed by atoms with Crippen LogP contribution in [0.3, 0.4) is 0 Å². The van der Waals surface area contributed by atoms with E-state index < -0.39 is 8.07 Å². The van der Waals surface area contributed by atoms with Gasteiger partial charge in [-0.3, -0.25) is 0 Å². The molecule has 0 amide bonds. The summed E-state index contributed by atoms with van der Waals surface area (Å²) in [5.74, 6) is 0. The Morgan fingerprint density at radius 3 is 1.41 bits per heavy atom. The SMILES string of the molecule is C[Si]1(C)c2ccc(-c3c4ccccc4c(-c4ccc5c(c4)c4ccc6c7ccccc7n(-c7ccccc7)c6c4n5-c4ccccc4)c4ccccc34)cc2-c2cc3ccc4ccccc4c3cc21. The van der Waals surface area contributed by atoms with Crippen LogP contribution in [0, 0.1) is 0 Å². The Balaban J connectivity index is 0.977. The van der Waals surface area contributed by atoms with E-state index >= 15 is 0 Å². The molecule has 0 unspecified atom stereocenters. The molecule has 0 aliphatic carbocycles. The van der Waals surface area contributed by atoms with Crippen molar-refractivity contribution in [2.45, 2.75) is 13.1 Å². The molecule has 3 heteroatoms. The van der Waals surface area contributed by atoms with Crippen molar-refractivity contribution in [2.24, 2.45) is 0 Å². The van der Waals surface area contributed by atoms with Gasteiger partial charge in [-0.25, -0.2) is 0 Å². The monoisotopic (exact) mass is 892 g/mol. The van der Waals surface area contributed by atoms with Gasteiger partial charge in [-0.2, -0.15) is 0 Å². The number of benzene rings is 12. The molecule has 0 N–H and O–H groups in total. The average molecular weight is 893 g/mol. The van der Waals surface area contributed by atoms with E-state index in [4.69, 9.17) is 0 Å². The van der Waals surface area contributed by atoms with Gasteiger partial charge in [0.05, 0.1) is 22.1 Å². The van der Waals surface area contributed by atoms with Crippen LogP contribution in [0.25, 0.3) is 131 Å². The van der Waals surface area contributed by atoms with Gasteiger partial charge in [-0.15, -0.1) is 0 Å². The third-order valence-corrected chi connectivity index (χ3v) is 19.2. The molecule has 0 bridgehead atoms. The predicted molar refractivity (Wildman–Crippen MR) is 298 cm³/mol. The van der Waals surface area contributed by atoms with Crippen LogP contribution in [-0.4, -0.2) is 17.2 Å². The second kappa shape index (κ2) is 14.3. The lowest BCUT2D eigenvalue weighted by molar-refractivity contribution is 1.15. The summed E-state index contributed by atoms with van der Waals surface area (Å²) in [4.78, 5) is 0. The standard InChI is InChI=1S/C66H44N2Si/c1-69(2)61-36-32-44(39-57(61)58-37-42-30-29-41-17-9-10-22-47(41)55(42)40-62(58)69)64-51-26-13-11-24-49(51)63(50-25-12-14-27-52(50)64)43-31-35-60-56(38-43)54-34-33-53-48-23-15-16-28-59(48)67(45-18-5-3-6-19-45)65(53)66(54)68(60)46-20-7-4-8-21-46/h3-40H,1-2H3. The Morgan fingerprint density at radius 2 is 0.768 bits per heavy atom. The van der Waals surface area contributed by atoms with Crippen molar-refractivity contribution in [1.29, 1.82) is 0 Å². The zero-order chi connectivity index (χ0) is 45.5.